The maximum absolute atomic E-state index is 10.7. The molecule has 0 N–H and O–H groups in total. The van der Waals surface area contributed by atoms with Gasteiger partial charge in [-0.1, -0.05) is 13.8 Å². The number of hydrogen-bond acceptors (Lipinski definition) is 6. The quantitative estimate of drug-likeness (QED) is 0.597. The number of fused-ring (bicyclic) bond motifs is 1. The van der Waals surface area contributed by atoms with Crippen LogP contribution in [0, 0.1) is 16.0 Å². The summed E-state index contributed by atoms with van der Waals surface area (Å²) in [4.78, 5) is 10.2. The Morgan fingerprint density at radius 1 is 1.41 bits per heavy atom. The first-order valence-electron chi connectivity index (χ1n) is 5.12. The molecule has 0 aliphatic carbocycles. The molecule has 7 nitrogen and oxygen atoms in total. The van der Waals surface area contributed by atoms with Crippen LogP contribution in [-0.2, 0) is 0 Å². The number of ether oxygens (including phenoxy) is 1. The molecule has 7 heteroatoms. The van der Waals surface area contributed by atoms with Crippen molar-refractivity contribution in [2.75, 3.05) is 6.61 Å². The third kappa shape index (κ3) is 2.17. The molecule has 0 radical (unpaired) electrons. The van der Waals surface area contributed by atoms with E-state index in [0.29, 0.717) is 18.3 Å². The molecule has 0 amide bonds. The van der Waals surface area contributed by atoms with Crippen molar-refractivity contribution in [3.63, 3.8) is 0 Å². The van der Waals surface area contributed by atoms with Crippen LogP contribution >= 0.6 is 0 Å². The molecule has 90 valence electrons. The lowest BCUT2D eigenvalue weighted by Gasteiger charge is -2.07. The van der Waals surface area contributed by atoms with Crippen molar-refractivity contribution in [3.05, 3.63) is 22.2 Å². The number of nitrogens with zero attached hydrogens (tertiary/aromatic N) is 3. The Labute approximate surface area is 96.5 Å². The minimum absolute atomic E-state index is 0.108. The van der Waals surface area contributed by atoms with Gasteiger partial charge in [0.05, 0.1) is 11.5 Å². The highest BCUT2D eigenvalue weighted by atomic mass is 16.6. The number of benzene rings is 1. The summed E-state index contributed by atoms with van der Waals surface area (Å²) in [6.45, 7) is 4.51. The van der Waals surface area contributed by atoms with Gasteiger partial charge >= 0.3 is 5.69 Å². The van der Waals surface area contributed by atoms with E-state index in [1.54, 1.807) is 0 Å². The molecular formula is C10H11N3O4. The zero-order valence-electron chi connectivity index (χ0n) is 9.41. The smallest absolute Gasteiger partial charge is 0.301 e. The van der Waals surface area contributed by atoms with E-state index in [0.717, 1.165) is 0 Å². The normalized spacial score (nSPS) is 11.0. The van der Waals surface area contributed by atoms with E-state index >= 15 is 0 Å². The van der Waals surface area contributed by atoms with Crippen LogP contribution in [0.25, 0.3) is 11.0 Å². The molecule has 1 aromatic heterocycles. The monoisotopic (exact) mass is 237 g/mol. The molecule has 0 saturated heterocycles. The highest BCUT2D eigenvalue weighted by molar-refractivity contribution is 5.88. The summed E-state index contributed by atoms with van der Waals surface area (Å²) in [6, 6.07) is 2.84. The second kappa shape index (κ2) is 4.36. The molecule has 1 heterocycles. The van der Waals surface area contributed by atoms with Gasteiger partial charge in [-0.25, -0.2) is 4.63 Å². The van der Waals surface area contributed by atoms with Crippen molar-refractivity contribution in [2.45, 2.75) is 13.8 Å². The average Bonchev–Trinajstić information content (AvgIpc) is 2.73. The van der Waals surface area contributed by atoms with Gasteiger partial charge < -0.3 is 4.74 Å². The van der Waals surface area contributed by atoms with Crippen LogP contribution in [-0.4, -0.2) is 21.8 Å². The zero-order valence-corrected chi connectivity index (χ0v) is 9.41. The molecule has 0 bridgehead atoms. The SMILES string of the molecule is CC(C)COc1ccc([N+](=O)[O-])c2nonc12. The summed E-state index contributed by atoms with van der Waals surface area (Å²) in [7, 11) is 0. The molecule has 0 atom stereocenters. The molecule has 0 fully saturated rings. The van der Waals surface area contributed by atoms with Crippen molar-refractivity contribution in [2.24, 2.45) is 5.92 Å². The van der Waals surface area contributed by atoms with E-state index in [4.69, 9.17) is 4.74 Å². The first kappa shape index (κ1) is 11.3. The fourth-order valence-corrected chi connectivity index (χ4v) is 1.35. The van der Waals surface area contributed by atoms with Crippen molar-refractivity contribution in [1.82, 2.24) is 10.3 Å². The van der Waals surface area contributed by atoms with Crippen LogP contribution in [0.2, 0.25) is 0 Å². The lowest BCUT2D eigenvalue weighted by molar-refractivity contribution is -0.383. The van der Waals surface area contributed by atoms with E-state index in [2.05, 4.69) is 14.9 Å². The summed E-state index contributed by atoms with van der Waals surface area (Å²) < 4.78 is 10.0. The Kier molecular flexibility index (Phi) is 2.90. The topological polar surface area (TPSA) is 91.3 Å². The van der Waals surface area contributed by atoms with E-state index in [1.807, 2.05) is 13.8 Å². The van der Waals surface area contributed by atoms with E-state index in [1.165, 1.54) is 12.1 Å². The standard InChI is InChI=1S/C10H11N3O4/c1-6(2)5-16-8-4-3-7(13(14)15)9-10(8)12-17-11-9/h3-4,6H,5H2,1-2H3. The van der Waals surface area contributed by atoms with Crippen LogP contribution in [0.1, 0.15) is 13.8 Å². The molecular weight excluding hydrogens is 226 g/mol. The largest absolute Gasteiger partial charge is 0.491 e. The highest BCUT2D eigenvalue weighted by Crippen LogP contribution is 2.30. The van der Waals surface area contributed by atoms with Crippen LogP contribution in [0.4, 0.5) is 5.69 Å². The lowest BCUT2D eigenvalue weighted by atomic mass is 10.2. The maximum atomic E-state index is 10.7. The molecule has 0 aliphatic heterocycles. The van der Waals surface area contributed by atoms with Crippen LogP contribution in [0.15, 0.2) is 16.8 Å². The maximum Gasteiger partial charge on any atom is 0.301 e. The first-order valence-corrected chi connectivity index (χ1v) is 5.12. The minimum atomic E-state index is -0.529. The lowest BCUT2D eigenvalue weighted by Crippen LogP contribution is -2.05. The highest BCUT2D eigenvalue weighted by Gasteiger charge is 2.20. The average molecular weight is 237 g/mol. The minimum Gasteiger partial charge on any atom is -0.491 e. The number of rotatable bonds is 4. The predicted molar refractivity (Wildman–Crippen MR) is 58.8 cm³/mol. The number of non-ortho nitro benzene ring substituents is 1. The third-order valence-electron chi connectivity index (χ3n) is 2.13. The van der Waals surface area contributed by atoms with Crippen molar-refractivity contribution in [1.29, 1.82) is 0 Å². The molecule has 2 rings (SSSR count). The van der Waals surface area contributed by atoms with Crippen molar-refractivity contribution in [3.8, 4) is 5.75 Å². The number of nitro groups is 1. The molecule has 2 aromatic rings. The van der Waals surface area contributed by atoms with Crippen molar-refractivity contribution >= 4 is 16.7 Å². The summed E-state index contributed by atoms with van der Waals surface area (Å²) >= 11 is 0. The molecule has 0 unspecified atom stereocenters. The Hall–Kier alpha value is -2.18. The van der Waals surface area contributed by atoms with Gasteiger partial charge in [-0.05, 0) is 22.3 Å². The molecule has 0 spiro atoms. The Bertz CT molecular complexity index is 549. The Morgan fingerprint density at radius 3 is 2.76 bits per heavy atom. The Morgan fingerprint density at radius 2 is 2.12 bits per heavy atom. The number of hydrogen-bond donors (Lipinski definition) is 0. The molecule has 0 saturated carbocycles. The third-order valence-corrected chi connectivity index (χ3v) is 2.13. The summed E-state index contributed by atoms with van der Waals surface area (Å²) in [5.41, 5.74) is 0.245. The van der Waals surface area contributed by atoms with Gasteiger partial charge in [0.2, 0.25) is 5.52 Å². The molecule has 1 aromatic carbocycles. The number of aromatic nitrogens is 2. The van der Waals surface area contributed by atoms with Crippen molar-refractivity contribution < 1.29 is 14.3 Å². The van der Waals surface area contributed by atoms with Gasteiger partial charge in [0.15, 0.2) is 11.3 Å². The van der Waals surface area contributed by atoms with Gasteiger partial charge in [-0.3, -0.25) is 10.1 Å². The fourth-order valence-electron chi connectivity index (χ4n) is 1.35. The van der Waals surface area contributed by atoms with E-state index < -0.39 is 4.92 Å². The second-order valence-corrected chi connectivity index (χ2v) is 4.01. The molecule has 0 aliphatic rings. The van der Waals surface area contributed by atoms with Gasteiger partial charge in [-0.2, -0.15) is 0 Å². The second-order valence-electron chi connectivity index (χ2n) is 4.01. The van der Waals surface area contributed by atoms with Crippen LogP contribution in [0.3, 0.4) is 0 Å². The van der Waals surface area contributed by atoms with Gasteiger partial charge in [0, 0.05) is 6.07 Å². The van der Waals surface area contributed by atoms with E-state index in [9.17, 15) is 10.1 Å². The summed E-state index contributed by atoms with van der Waals surface area (Å²) in [5, 5.41) is 17.9. The Balaban J connectivity index is 2.42. The van der Waals surface area contributed by atoms with E-state index in [-0.39, 0.29) is 16.7 Å². The predicted octanol–water partition coefficient (Wildman–Crippen LogP) is 2.17. The zero-order chi connectivity index (χ0) is 12.4. The van der Waals surface area contributed by atoms with Gasteiger partial charge in [0.25, 0.3) is 0 Å². The molecule has 17 heavy (non-hydrogen) atoms. The fraction of sp³-hybridized carbons (Fsp3) is 0.400. The first-order chi connectivity index (χ1) is 8.09. The van der Waals surface area contributed by atoms with Gasteiger partial charge in [0.1, 0.15) is 0 Å². The summed E-state index contributed by atoms with van der Waals surface area (Å²) in [6.07, 6.45) is 0. The van der Waals surface area contributed by atoms with Gasteiger partial charge in [-0.15, -0.1) is 0 Å². The number of nitro benzene ring substituents is 1. The summed E-state index contributed by atoms with van der Waals surface area (Å²) in [5.74, 6) is 0.792. The van der Waals surface area contributed by atoms with Crippen LogP contribution in [0.5, 0.6) is 5.75 Å². The van der Waals surface area contributed by atoms with Crippen LogP contribution < -0.4 is 4.74 Å².